The number of ether oxygens (including phenoxy) is 1. The maximum absolute atomic E-state index is 13.5. The molecule has 2 bridgehead atoms. The van der Waals surface area contributed by atoms with Crippen LogP contribution >= 0.6 is 11.3 Å². The Bertz CT molecular complexity index is 1130. The number of thiophene rings is 1. The number of esters is 1. The van der Waals surface area contributed by atoms with E-state index in [0.29, 0.717) is 34.4 Å². The minimum atomic E-state index is -1.87. The molecule has 2 aromatic heterocycles. The Morgan fingerprint density at radius 3 is 2.53 bits per heavy atom. The first-order chi connectivity index (χ1) is 16.5. The SMILES string of the molecule is O=C(C[N+]12CCC(CC1)[C@@H](OC(=O)C(O)(c1ccccc1)c1ccsc1)C2)Nc1cncnc1. The lowest BCUT2D eigenvalue weighted by Crippen LogP contribution is -2.66. The normalized spacial score (nSPS) is 25.3. The van der Waals surface area contributed by atoms with Crippen molar-refractivity contribution in [3.63, 3.8) is 0 Å². The number of anilines is 1. The van der Waals surface area contributed by atoms with Gasteiger partial charge in [0.15, 0.2) is 12.6 Å². The van der Waals surface area contributed by atoms with Gasteiger partial charge in [0.2, 0.25) is 5.60 Å². The molecule has 5 heterocycles. The van der Waals surface area contributed by atoms with Gasteiger partial charge in [0.25, 0.3) is 5.91 Å². The molecule has 3 aromatic rings. The number of nitrogens with zero attached hydrogens (tertiary/aromatic N) is 3. The van der Waals surface area contributed by atoms with Gasteiger partial charge < -0.3 is 19.6 Å². The van der Waals surface area contributed by atoms with Gasteiger partial charge in [0, 0.05) is 24.3 Å². The predicted octanol–water partition coefficient (Wildman–Crippen LogP) is 2.56. The van der Waals surface area contributed by atoms with Gasteiger partial charge in [-0.05, 0) is 22.4 Å². The molecule has 3 aliphatic heterocycles. The highest BCUT2D eigenvalue weighted by Gasteiger charge is 2.51. The van der Waals surface area contributed by atoms with Gasteiger partial charge in [-0.1, -0.05) is 30.3 Å². The van der Waals surface area contributed by atoms with Crippen LogP contribution in [0.5, 0.6) is 0 Å². The van der Waals surface area contributed by atoms with Crippen LogP contribution < -0.4 is 5.32 Å². The van der Waals surface area contributed by atoms with Crippen molar-refractivity contribution in [1.82, 2.24) is 9.97 Å². The van der Waals surface area contributed by atoms with Crippen LogP contribution in [0.15, 0.2) is 65.9 Å². The molecule has 0 radical (unpaired) electrons. The summed E-state index contributed by atoms with van der Waals surface area (Å²) in [6.07, 6.45) is 5.94. The van der Waals surface area contributed by atoms with Crippen LogP contribution in [0.2, 0.25) is 0 Å². The third-order valence-corrected chi connectivity index (χ3v) is 7.73. The lowest BCUT2D eigenvalue weighted by atomic mass is 9.82. The zero-order valence-corrected chi connectivity index (χ0v) is 19.5. The summed E-state index contributed by atoms with van der Waals surface area (Å²) in [5, 5.41) is 18.1. The van der Waals surface area contributed by atoms with Gasteiger partial charge in [-0.15, -0.1) is 0 Å². The van der Waals surface area contributed by atoms with Crippen molar-refractivity contribution in [3.05, 3.63) is 77.0 Å². The lowest BCUT2D eigenvalue weighted by molar-refractivity contribution is -0.939. The van der Waals surface area contributed by atoms with Gasteiger partial charge in [0.05, 0.1) is 31.2 Å². The molecular formula is C25H27N4O4S+. The number of quaternary nitrogens is 1. The minimum absolute atomic E-state index is 0.112. The van der Waals surface area contributed by atoms with Crippen molar-refractivity contribution in [2.75, 3.05) is 31.5 Å². The monoisotopic (exact) mass is 479 g/mol. The highest BCUT2D eigenvalue weighted by molar-refractivity contribution is 7.08. The van der Waals surface area contributed by atoms with Crippen LogP contribution in [-0.2, 0) is 19.9 Å². The summed E-state index contributed by atoms with van der Waals surface area (Å²) in [5.41, 5.74) is -0.330. The maximum Gasteiger partial charge on any atom is 0.348 e. The predicted molar refractivity (Wildman–Crippen MR) is 127 cm³/mol. The quantitative estimate of drug-likeness (QED) is 0.399. The maximum atomic E-state index is 13.5. The molecule has 34 heavy (non-hydrogen) atoms. The van der Waals surface area contributed by atoms with Crippen LogP contribution in [0.4, 0.5) is 5.69 Å². The lowest BCUT2D eigenvalue weighted by Gasteiger charge is -2.51. The number of hydrogen-bond donors (Lipinski definition) is 2. The highest BCUT2D eigenvalue weighted by Crippen LogP contribution is 2.38. The largest absolute Gasteiger partial charge is 0.453 e. The standard InChI is InChI=1S/C25H26N4O4S/c30-23(28-21-12-26-17-27-13-21)15-29-9-6-18(7-10-29)22(14-29)33-24(31)25(32,20-8-11-34-16-20)19-4-2-1-3-5-19/h1-5,8,11-13,16-18,22,32H,6-7,9-10,14-15H2/p+1/t18?,22-,25?,29?/m0/s1. The zero-order chi connectivity index (χ0) is 23.6. The Hall–Kier alpha value is -3.14. The van der Waals surface area contributed by atoms with Gasteiger partial charge in [-0.25, -0.2) is 14.8 Å². The van der Waals surface area contributed by atoms with Crippen LogP contribution in [-0.4, -0.2) is 63.7 Å². The molecule has 1 aromatic carbocycles. The summed E-state index contributed by atoms with van der Waals surface area (Å²) in [6.45, 7) is 2.59. The molecule has 3 saturated heterocycles. The number of piperidine rings is 3. The van der Waals surface area contributed by atoms with Crippen molar-refractivity contribution in [2.24, 2.45) is 5.92 Å². The molecular weight excluding hydrogens is 452 g/mol. The Kier molecular flexibility index (Phi) is 6.16. The van der Waals surface area contributed by atoms with Crippen LogP contribution in [0.25, 0.3) is 0 Å². The van der Waals surface area contributed by atoms with Crippen molar-refractivity contribution < 1.29 is 23.9 Å². The van der Waals surface area contributed by atoms with E-state index in [2.05, 4.69) is 15.3 Å². The first-order valence-corrected chi connectivity index (χ1v) is 12.3. The summed E-state index contributed by atoms with van der Waals surface area (Å²) in [5.74, 6) is -0.545. The van der Waals surface area contributed by atoms with Gasteiger partial charge in [0.1, 0.15) is 12.9 Å². The summed E-state index contributed by atoms with van der Waals surface area (Å²) in [7, 11) is 0. The van der Waals surface area contributed by atoms with E-state index in [0.717, 1.165) is 25.9 Å². The highest BCUT2D eigenvalue weighted by atomic mass is 32.1. The van der Waals surface area contributed by atoms with E-state index >= 15 is 0 Å². The fourth-order valence-electron chi connectivity index (χ4n) is 5.22. The molecule has 0 aliphatic carbocycles. The van der Waals surface area contributed by atoms with Crippen LogP contribution in [0, 0.1) is 5.92 Å². The van der Waals surface area contributed by atoms with Crippen molar-refractivity contribution in [3.8, 4) is 0 Å². The number of nitrogens with one attached hydrogen (secondary N) is 1. The summed E-state index contributed by atoms with van der Waals surface area (Å²) >= 11 is 1.42. The Morgan fingerprint density at radius 2 is 1.85 bits per heavy atom. The van der Waals surface area contributed by atoms with Crippen LogP contribution in [0.1, 0.15) is 24.0 Å². The summed E-state index contributed by atoms with van der Waals surface area (Å²) in [4.78, 5) is 34.1. The molecule has 3 fully saturated rings. The fraction of sp³-hybridized carbons (Fsp3) is 0.360. The summed E-state index contributed by atoms with van der Waals surface area (Å²) in [6, 6.07) is 10.7. The molecule has 6 rings (SSSR count). The molecule has 3 aliphatic rings. The number of amides is 1. The number of benzene rings is 1. The molecule has 0 spiro atoms. The number of carbonyl (C=O) groups is 2. The number of aromatic nitrogens is 2. The van der Waals surface area contributed by atoms with E-state index in [1.165, 1.54) is 17.7 Å². The fourth-order valence-corrected chi connectivity index (χ4v) is 5.92. The molecule has 1 amide bonds. The van der Waals surface area contributed by atoms with Gasteiger partial charge >= 0.3 is 5.97 Å². The van der Waals surface area contributed by atoms with E-state index in [1.807, 2.05) is 11.4 Å². The zero-order valence-electron chi connectivity index (χ0n) is 18.7. The van der Waals surface area contributed by atoms with E-state index in [4.69, 9.17) is 4.74 Å². The van der Waals surface area contributed by atoms with Crippen molar-refractivity contribution in [1.29, 1.82) is 0 Å². The minimum Gasteiger partial charge on any atom is -0.453 e. The Labute approximate surface area is 201 Å². The molecule has 0 saturated carbocycles. The average Bonchev–Trinajstić information content (AvgIpc) is 3.40. The average molecular weight is 480 g/mol. The molecule has 2 N–H and O–H groups in total. The first-order valence-electron chi connectivity index (χ1n) is 11.4. The van der Waals surface area contributed by atoms with E-state index in [1.54, 1.807) is 48.1 Å². The third-order valence-electron chi connectivity index (χ3n) is 7.05. The molecule has 2 atom stereocenters. The first kappa shape index (κ1) is 22.6. The number of aliphatic hydroxyl groups is 1. The molecule has 176 valence electrons. The number of carbonyl (C=O) groups excluding carboxylic acids is 2. The number of hydrogen-bond acceptors (Lipinski definition) is 7. The Balaban J connectivity index is 1.32. The second-order valence-electron chi connectivity index (χ2n) is 9.17. The summed E-state index contributed by atoms with van der Waals surface area (Å²) < 4.78 is 6.61. The second kappa shape index (κ2) is 9.25. The molecule has 8 nitrogen and oxygen atoms in total. The van der Waals surface area contributed by atoms with Gasteiger partial charge in [-0.2, -0.15) is 11.3 Å². The van der Waals surface area contributed by atoms with E-state index in [-0.39, 0.29) is 17.9 Å². The number of fused-ring (bicyclic) bond motifs is 3. The van der Waals surface area contributed by atoms with Crippen molar-refractivity contribution >= 4 is 28.9 Å². The van der Waals surface area contributed by atoms with Gasteiger partial charge in [-0.3, -0.25) is 4.79 Å². The number of rotatable bonds is 7. The second-order valence-corrected chi connectivity index (χ2v) is 9.95. The molecule has 1 unspecified atom stereocenters. The smallest absolute Gasteiger partial charge is 0.348 e. The topological polar surface area (TPSA) is 101 Å². The van der Waals surface area contributed by atoms with Crippen molar-refractivity contribution in [2.45, 2.75) is 24.5 Å². The van der Waals surface area contributed by atoms with E-state index in [9.17, 15) is 14.7 Å². The van der Waals surface area contributed by atoms with E-state index < -0.39 is 11.6 Å². The van der Waals surface area contributed by atoms with Crippen LogP contribution in [0.3, 0.4) is 0 Å². The third kappa shape index (κ3) is 4.34. The Morgan fingerprint density at radius 1 is 1.12 bits per heavy atom. The molecule has 9 heteroatoms.